The first-order chi connectivity index (χ1) is 13.4. The summed E-state index contributed by atoms with van der Waals surface area (Å²) in [5, 5.41) is 2.97. The highest BCUT2D eigenvalue weighted by atomic mass is 35.5. The molecule has 2 aromatic carbocycles. The minimum absolute atomic E-state index is 0.00533. The Morgan fingerprint density at radius 3 is 2.75 bits per heavy atom. The summed E-state index contributed by atoms with van der Waals surface area (Å²) in [7, 11) is -2.50. The van der Waals surface area contributed by atoms with Gasteiger partial charge in [0.1, 0.15) is 5.75 Å². The highest BCUT2D eigenvalue weighted by Gasteiger charge is 2.21. The smallest absolute Gasteiger partial charge is 0.261 e. The lowest BCUT2D eigenvalue weighted by Gasteiger charge is -2.15. The van der Waals surface area contributed by atoms with Gasteiger partial charge in [-0.2, -0.15) is 0 Å². The van der Waals surface area contributed by atoms with Crippen LogP contribution in [0, 0.1) is 0 Å². The fourth-order valence-electron chi connectivity index (χ4n) is 2.90. The normalized spacial score (nSPS) is 16.6. The summed E-state index contributed by atoms with van der Waals surface area (Å²) < 4.78 is 38.5. The average Bonchev–Trinajstić information content (AvgIpc) is 3.20. The van der Waals surface area contributed by atoms with E-state index < -0.39 is 10.0 Å². The van der Waals surface area contributed by atoms with Gasteiger partial charge in [0.15, 0.2) is 0 Å². The number of ether oxygens (including phenoxy) is 2. The molecule has 3 rings (SSSR count). The molecule has 2 N–H and O–H groups in total. The molecular weight excluding hydrogens is 404 g/mol. The Morgan fingerprint density at radius 1 is 1.29 bits per heavy atom. The molecule has 0 aromatic heterocycles. The van der Waals surface area contributed by atoms with E-state index in [1.54, 1.807) is 18.2 Å². The molecule has 1 fully saturated rings. The molecule has 0 bridgehead atoms. The van der Waals surface area contributed by atoms with Crippen LogP contribution < -0.4 is 14.8 Å². The van der Waals surface area contributed by atoms with Crippen molar-refractivity contribution in [1.29, 1.82) is 0 Å². The van der Waals surface area contributed by atoms with Gasteiger partial charge in [-0.3, -0.25) is 9.52 Å². The minimum Gasteiger partial charge on any atom is -0.495 e. The zero-order chi connectivity index (χ0) is 20.1. The second kappa shape index (κ2) is 8.81. The van der Waals surface area contributed by atoms with Gasteiger partial charge in [-0.1, -0.05) is 23.7 Å². The van der Waals surface area contributed by atoms with Crippen LogP contribution >= 0.6 is 11.6 Å². The third kappa shape index (κ3) is 4.76. The molecule has 1 aliphatic heterocycles. The molecule has 0 aliphatic carbocycles. The average molecular weight is 425 g/mol. The van der Waals surface area contributed by atoms with E-state index in [1.807, 2.05) is 0 Å². The Balaban J connectivity index is 1.78. The van der Waals surface area contributed by atoms with Crippen LogP contribution in [-0.4, -0.2) is 40.7 Å². The monoisotopic (exact) mass is 424 g/mol. The van der Waals surface area contributed by atoms with Crippen molar-refractivity contribution >= 4 is 33.2 Å². The van der Waals surface area contributed by atoms with Crippen molar-refractivity contribution in [3.8, 4) is 5.75 Å². The number of hydrogen-bond acceptors (Lipinski definition) is 5. The number of hydrogen-bond donors (Lipinski definition) is 2. The van der Waals surface area contributed by atoms with Crippen molar-refractivity contribution in [2.75, 3.05) is 25.0 Å². The Hall–Kier alpha value is -2.29. The van der Waals surface area contributed by atoms with Crippen LogP contribution in [0.2, 0.25) is 5.02 Å². The van der Waals surface area contributed by atoms with E-state index in [9.17, 15) is 13.2 Å². The van der Waals surface area contributed by atoms with Crippen molar-refractivity contribution in [1.82, 2.24) is 5.32 Å². The quantitative estimate of drug-likeness (QED) is 0.712. The number of sulfonamides is 1. The van der Waals surface area contributed by atoms with Crippen molar-refractivity contribution in [2.24, 2.45) is 0 Å². The predicted octanol–water partition coefficient (Wildman–Crippen LogP) is 3.06. The van der Waals surface area contributed by atoms with E-state index in [0.29, 0.717) is 18.9 Å². The SMILES string of the molecule is COc1ccc(S(=O)(=O)Nc2ccccc2C(=O)NC[C@@H]2CCCO2)cc1Cl. The summed E-state index contributed by atoms with van der Waals surface area (Å²) in [6, 6.07) is 10.6. The molecular formula is C19H21ClN2O5S. The zero-order valence-corrected chi connectivity index (χ0v) is 16.8. The fraction of sp³-hybridized carbons (Fsp3) is 0.316. The first-order valence-electron chi connectivity index (χ1n) is 8.76. The molecule has 0 saturated carbocycles. The molecule has 1 aliphatic rings. The van der Waals surface area contributed by atoms with E-state index in [2.05, 4.69) is 10.0 Å². The van der Waals surface area contributed by atoms with E-state index in [4.69, 9.17) is 21.1 Å². The topological polar surface area (TPSA) is 93.7 Å². The molecule has 150 valence electrons. The largest absolute Gasteiger partial charge is 0.495 e. The highest BCUT2D eigenvalue weighted by molar-refractivity contribution is 7.92. The third-order valence-corrected chi connectivity index (χ3v) is 6.02. The van der Waals surface area contributed by atoms with E-state index in [1.165, 1.54) is 31.4 Å². The molecule has 1 heterocycles. The second-order valence-electron chi connectivity index (χ2n) is 6.29. The van der Waals surface area contributed by atoms with E-state index in [0.717, 1.165) is 12.8 Å². The maximum Gasteiger partial charge on any atom is 0.261 e. The highest BCUT2D eigenvalue weighted by Crippen LogP contribution is 2.28. The van der Waals surface area contributed by atoms with Crippen molar-refractivity contribution in [3.63, 3.8) is 0 Å². The van der Waals surface area contributed by atoms with Crippen LogP contribution in [-0.2, 0) is 14.8 Å². The van der Waals surface area contributed by atoms with Gasteiger partial charge in [0.25, 0.3) is 15.9 Å². The minimum atomic E-state index is -3.94. The Morgan fingerprint density at radius 2 is 2.07 bits per heavy atom. The summed E-state index contributed by atoms with van der Waals surface area (Å²) in [4.78, 5) is 12.5. The second-order valence-corrected chi connectivity index (χ2v) is 8.38. The number of anilines is 1. The van der Waals surface area contributed by atoms with E-state index >= 15 is 0 Å². The fourth-order valence-corrected chi connectivity index (χ4v) is 4.32. The molecule has 9 heteroatoms. The number of carbonyl (C=O) groups is 1. The lowest BCUT2D eigenvalue weighted by atomic mass is 10.1. The van der Waals surface area contributed by atoms with E-state index in [-0.39, 0.29) is 33.2 Å². The third-order valence-electron chi connectivity index (χ3n) is 4.36. The van der Waals surface area contributed by atoms with Gasteiger partial charge >= 0.3 is 0 Å². The number of rotatable bonds is 7. The number of para-hydroxylation sites is 1. The molecule has 1 saturated heterocycles. The number of nitrogens with one attached hydrogen (secondary N) is 2. The number of benzene rings is 2. The van der Waals surface area contributed by atoms with Crippen LogP contribution in [0.4, 0.5) is 5.69 Å². The molecule has 0 unspecified atom stereocenters. The molecule has 28 heavy (non-hydrogen) atoms. The van der Waals surface area contributed by atoms with Crippen LogP contribution in [0.15, 0.2) is 47.4 Å². The van der Waals surface area contributed by atoms with Gasteiger partial charge in [0.05, 0.1) is 34.4 Å². The number of carbonyl (C=O) groups excluding carboxylic acids is 1. The molecule has 0 spiro atoms. The molecule has 0 radical (unpaired) electrons. The van der Waals surface area contributed by atoms with Gasteiger partial charge < -0.3 is 14.8 Å². The summed E-state index contributed by atoms with van der Waals surface area (Å²) in [5.41, 5.74) is 0.406. The predicted molar refractivity (Wildman–Crippen MR) is 107 cm³/mol. The van der Waals surface area contributed by atoms with Gasteiger partial charge in [-0.25, -0.2) is 8.42 Å². The van der Waals surface area contributed by atoms with Gasteiger partial charge in [0, 0.05) is 13.2 Å². The van der Waals surface area contributed by atoms with Crippen LogP contribution in [0.25, 0.3) is 0 Å². The molecule has 2 aromatic rings. The summed E-state index contributed by atoms with van der Waals surface area (Å²) in [5.74, 6) is -0.00362. The number of methoxy groups -OCH3 is 1. The Labute approximate surface area is 169 Å². The molecule has 7 nitrogen and oxygen atoms in total. The summed E-state index contributed by atoms with van der Waals surface area (Å²) in [6.45, 7) is 1.08. The van der Waals surface area contributed by atoms with Gasteiger partial charge in [-0.15, -0.1) is 0 Å². The Kier molecular flexibility index (Phi) is 6.43. The Bertz CT molecular complexity index is 959. The number of amides is 1. The van der Waals surface area contributed by atoms with Gasteiger partial charge in [-0.05, 0) is 43.2 Å². The summed E-state index contributed by atoms with van der Waals surface area (Å²) >= 11 is 6.03. The number of halogens is 1. The van der Waals surface area contributed by atoms with Crippen LogP contribution in [0.1, 0.15) is 23.2 Å². The van der Waals surface area contributed by atoms with Gasteiger partial charge in [0.2, 0.25) is 0 Å². The lowest BCUT2D eigenvalue weighted by Crippen LogP contribution is -2.32. The lowest BCUT2D eigenvalue weighted by molar-refractivity contribution is 0.0858. The first kappa shape index (κ1) is 20.4. The zero-order valence-electron chi connectivity index (χ0n) is 15.3. The summed E-state index contributed by atoms with van der Waals surface area (Å²) in [6.07, 6.45) is 1.86. The maximum absolute atomic E-state index is 12.7. The standard InChI is InChI=1S/C19H21ClN2O5S/c1-26-18-9-8-14(11-16(18)20)28(24,25)22-17-7-3-2-6-15(17)19(23)21-12-13-5-4-10-27-13/h2-3,6-9,11,13,22H,4-5,10,12H2,1H3,(H,21,23)/t13-/m0/s1. The molecule has 1 atom stereocenters. The molecule has 1 amide bonds. The van der Waals surface area contributed by atoms with Crippen LogP contribution in [0.3, 0.4) is 0 Å². The van der Waals surface area contributed by atoms with Crippen molar-refractivity contribution in [2.45, 2.75) is 23.8 Å². The van der Waals surface area contributed by atoms with Crippen LogP contribution in [0.5, 0.6) is 5.75 Å². The first-order valence-corrected chi connectivity index (χ1v) is 10.6. The van der Waals surface area contributed by atoms with Crippen molar-refractivity contribution in [3.05, 3.63) is 53.1 Å². The maximum atomic E-state index is 12.7. The van der Waals surface area contributed by atoms with Crippen molar-refractivity contribution < 1.29 is 22.7 Å².